The van der Waals surface area contributed by atoms with E-state index in [-0.39, 0.29) is 18.0 Å². The first-order chi connectivity index (χ1) is 14.8. The second-order valence-electron chi connectivity index (χ2n) is 8.22. The molecule has 0 aliphatic carbocycles. The first kappa shape index (κ1) is 21.6. The lowest BCUT2D eigenvalue weighted by atomic mass is 9.87. The normalized spacial score (nSPS) is 24.9. The van der Waals surface area contributed by atoms with Gasteiger partial charge in [0, 0.05) is 31.1 Å². The highest BCUT2D eigenvalue weighted by Gasteiger charge is 2.40. The number of carbonyl (C=O) groups excluding carboxylic acids is 1. The number of carbonyl (C=O) groups is 1. The summed E-state index contributed by atoms with van der Waals surface area (Å²) < 4.78 is 54.0. The molecule has 2 aliphatic rings. The lowest BCUT2D eigenvalue weighted by molar-refractivity contribution is -0.133. The van der Waals surface area contributed by atoms with Gasteiger partial charge in [-0.05, 0) is 42.6 Å². The maximum Gasteiger partial charge on any atom is 0.263 e. The molecule has 2 aromatic carbocycles. The van der Waals surface area contributed by atoms with Crippen molar-refractivity contribution < 1.29 is 27.5 Å². The van der Waals surface area contributed by atoms with Crippen LogP contribution in [0.3, 0.4) is 0 Å². The van der Waals surface area contributed by atoms with Crippen molar-refractivity contribution in [3.8, 4) is 5.75 Å². The van der Waals surface area contributed by atoms with Gasteiger partial charge in [0.15, 0.2) is 11.6 Å². The van der Waals surface area contributed by atoms with Crippen LogP contribution in [0.5, 0.6) is 5.75 Å². The lowest BCUT2D eigenvalue weighted by Gasteiger charge is -2.37. The van der Waals surface area contributed by atoms with E-state index in [9.17, 15) is 27.5 Å². The molecular weight excluding hydrogens is 412 g/mol. The third-order valence-electron chi connectivity index (χ3n) is 6.29. The summed E-state index contributed by atoms with van der Waals surface area (Å²) in [5, 5.41) is 9.34. The van der Waals surface area contributed by atoms with E-state index < -0.39 is 36.1 Å². The Labute approximate surface area is 178 Å². The lowest BCUT2D eigenvalue weighted by Crippen LogP contribution is -2.49. The number of piperidine rings is 1. The summed E-state index contributed by atoms with van der Waals surface area (Å²) in [6.07, 6.45) is -2.74. The Kier molecular flexibility index (Phi) is 6.18. The van der Waals surface area contributed by atoms with Gasteiger partial charge in [-0.1, -0.05) is 30.3 Å². The van der Waals surface area contributed by atoms with E-state index in [1.165, 1.54) is 30.3 Å². The maximum absolute atomic E-state index is 14.9. The van der Waals surface area contributed by atoms with Gasteiger partial charge < -0.3 is 10.0 Å². The molecule has 4 nitrogen and oxygen atoms in total. The van der Waals surface area contributed by atoms with E-state index in [1.54, 1.807) is 17.0 Å². The number of alkyl halides is 3. The van der Waals surface area contributed by atoms with Crippen molar-refractivity contribution in [3.63, 3.8) is 0 Å². The number of nitrogens with zero attached hydrogens (tertiary/aromatic N) is 2. The predicted octanol–water partition coefficient (Wildman–Crippen LogP) is 4.40. The van der Waals surface area contributed by atoms with E-state index in [1.807, 2.05) is 4.90 Å². The van der Waals surface area contributed by atoms with Crippen molar-refractivity contribution in [1.82, 2.24) is 9.80 Å². The SMILES string of the molecule is O=C1C(N2CC[C@@H](c3ccc(O)c(F)c3)[C@H](F)C2)CCN1Cc1ccc(C(F)F)cc1. The Balaban J connectivity index is 1.36. The van der Waals surface area contributed by atoms with Crippen LogP contribution in [0, 0.1) is 5.82 Å². The third-order valence-corrected chi connectivity index (χ3v) is 6.29. The van der Waals surface area contributed by atoms with E-state index in [2.05, 4.69) is 0 Å². The molecule has 0 bridgehead atoms. The fourth-order valence-corrected chi connectivity index (χ4v) is 4.55. The zero-order chi connectivity index (χ0) is 22.1. The van der Waals surface area contributed by atoms with Gasteiger partial charge >= 0.3 is 0 Å². The zero-order valence-electron chi connectivity index (χ0n) is 16.9. The molecule has 0 saturated carbocycles. The first-order valence-electron chi connectivity index (χ1n) is 10.4. The molecule has 1 unspecified atom stereocenters. The Morgan fingerprint density at radius 1 is 1.06 bits per heavy atom. The minimum atomic E-state index is -2.53. The van der Waals surface area contributed by atoms with Gasteiger partial charge in [-0.3, -0.25) is 9.69 Å². The molecule has 8 heteroatoms. The number of benzene rings is 2. The monoisotopic (exact) mass is 436 g/mol. The van der Waals surface area contributed by atoms with Crippen molar-refractivity contribution in [2.45, 2.75) is 43.9 Å². The Morgan fingerprint density at radius 3 is 2.45 bits per heavy atom. The predicted molar refractivity (Wildman–Crippen MR) is 107 cm³/mol. The number of aromatic hydroxyl groups is 1. The van der Waals surface area contributed by atoms with Crippen LogP contribution >= 0.6 is 0 Å². The highest BCUT2D eigenvalue weighted by Crippen LogP contribution is 2.34. The minimum Gasteiger partial charge on any atom is -0.505 e. The largest absolute Gasteiger partial charge is 0.505 e. The van der Waals surface area contributed by atoms with Gasteiger partial charge in [0.2, 0.25) is 5.91 Å². The van der Waals surface area contributed by atoms with Gasteiger partial charge in [0.05, 0.1) is 6.04 Å². The van der Waals surface area contributed by atoms with Crippen LogP contribution in [0.2, 0.25) is 0 Å². The van der Waals surface area contributed by atoms with Crippen molar-refractivity contribution in [3.05, 3.63) is 65.0 Å². The maximum atomic E-state index is 14.9. The number of phenols is 1. The van der Waals surface area contributed by atoms with Crippen LogP contribution < -0.4 is 0 Å². The molecule has 3 atom stereocenters. The molecule has 0 aromatic heterocycles. The topological polar surface area (TPSA) is 43.8 Å². The van der Waals surface area contributed by atoms with Crippen LogP contribution in [0.1, 0.15) is 41.9 Å². The second kappa shape index (κ2) is 8.86. The van der Waals surface area contributed by atoms with Gasteiger partial charge in [-0.25, -0.2) is 17.6 Å². The molecule has 2 aliphatic heterocycles. The fourth-order valence-electron chi connectivity index (χ4n) is 4.55. The highest BCUT2D eigenvalue weighted by molar-refractivity contribution is 5.84. The van der Waals surface area contributed by atoms with E-state index in [0.29, 0.717) is 38.0 Å². The smallest absolute Gasteiger partial charge is 0.263 e. The third kappa shape index (κ3) is 4.54. The Bertz CT molecular complexity index is 938. The van der Waals surface area contributed by atoms with Crippen molar-refractivity contribution in [2.75, 3.05) is 19.6 Å². The summed E-state index contributed by atoms with van der Waals surface area (Å²) in [7, 11) is 0. The number of hydrogen-bond donors (Lipinski definition) is 1. The molecular formula is C23H24F4N2O2. The molecule has 2 fully saturated rings. The van der Waals surface area contributed by atoms with Gasteiger partial charge in [0.1, 0.15) is 6.17 Å². The standard InChI is InChI=1S/C23H24F4N2O2/c24-18-11-16(5-6-21(18)30)17-7-9-28(13-19(17)25)20-8-10-29(23(20)31)12-14-1-3-15(4-2-14)22(26)27/h1-6,11,17,19-20,22,30H,7-10,12-13H2/t17-,19+,20?/m0/s1. The summed E-state index contributed by atoms with van der Waals surface area (Å²) in [5.74, 6) is -1.79. The van der Waals surface area contributed by atoms with Crippen LogP contribution in [0.4, 0.5) is 17.6 Å². The number of amides is 1. The quantitative estimate of drug-likeness (QED) is 0.707. The molecule has 2 saturated heterocycles. The van der Waals surface area contributed by atoms with Crippen LogP contribution in [0.15, 0.2) is 42.5 Å². The Hall–Kier alpha value is -2.61. The van der Waals surface area contributed by atoms with Crippen LogP contribution in [-0.4, -0.2) is 52.7 Å². The second-order valence-corrected chi connectivity index (χ2v) is 8.22. The van der Waals surface area contributed by atoms with Gasteiger partial charge in [-0.2, -0.15) is 0 Å². The molecule has 1 N–H and O–H groups in total. The molecule has 2 aromatic rings. The summed E-state index contributed by atoms with van der Waals surface area (Å²) in [6, 6.07) is 9.46. The van der Waals surface area contributed by atoms with Crippen molar-refractivity contribution >= 4 is 5.91 Å². The number of halogens is 4. The molecule has 166 valence electrons. The summed E-state index contributed by atoms with van der Waals surface area (Å²) in [4.78, 5) is 16.4. The molecule has 2 heterocycles. The number of rotatable bonds is 5. The minimum absolute atomic E-state index is 0.0558. The summed E-state index contributed by atoms with van der Waals surface area (Å²) in [5.41, 5.74) is 1.23. The average Bonchev–Trinajstić information content (AvgIpc) is 3.10. The highest BCUT2D eigenvalue weighted by atomic mass is 19.3. The van der Waals surface area contributed by atoms with E-state index in [0.717, 1.165) is 5.56 Å². The molecule has 4 rings (SSSR count). The van der Waals surface area contributed by atoms with E-state index >= 15 is 0 Å². The molecule has 0 radical (unpaired) electrons. The van der Waals surface area contributed by atoms with Crippen LogP contribution in [-0.2, 0) is 11.3 Å². The fraction of sp³-hybridized carbons (Fsp3) is 0.435. The molecule has 1 amide bonds. The number of phenolic OH excluding ortho intramolecular Hbond substituents is 1. The zero-order valence-corrected chi connectivity index (χ0v) is 16.9. The van der Waals surface area contributed by atoms with Crippen LogP contribution in [0.25, 0.3) is 0 Å². The average molecular weight is 436 g/mol. The summed E-state index contributed by atoms with van der Waals surface area (Å²) in [6.45, 7) is 1.46. The van der Waals surface area contributed by atoms with E-state index in [4.69, 9.17) is 0 Å². The Morgan fingerprint density at radius 2 is 1.81 bits per heavy atom. The number of hydrogen-bond acceptors (Lipinski definition) is 3. The van der Waals surface area contributed by atoms with Crippen molar-refractivity contribution in [1.29, 1.82) is 0 Å². The molecule has 31 heavy (non-hydrogen) atoms. The van der Waals surface area contributed by atoms with Crippen molar-refractivity contribution in [2.24, 2.45) is 0 Å². The summed E-state index contributed by atoms with van der Waals surface area (Å²) >= 11 is 0. The number of likely N-dealkylation sites (tertiary alicyclic amines) is 2. The molecule has 0 spiro atoms. The van der Waals surface area contributed by atoms with Gasteiger partial charge in [-0.15, -0.1) is 0 Å². The van der Waals surface area contributed by atoms with Gasteiger partial charge in [0.25, 0.3) is 6.43 Å². The first-order valence-corrected chi connectivity index (χ1v) is 10.4.